The molecule has 0 bridgehead atoms. The van der Waals surface area contributed by atoms with Crippen LogP contribution in [0.25, 0.3) is 0 Å². The monoisotopic (exact) mass is 355 g/mol. The number of non-ortho nitro benzene ring substituents is 1. The van der Waals surface area contributed by atoms with Gasteiger partial charge in [-0.25, -0.2) is 0 Å². The number of nitro benzene ring substituents is 1. The number of hydrogen-bond donors (Lipinski definition) is 1. The molecule has 2 atom stereocenters. The van der Waals surface area contributed by atoms with E-state index in [1.54, 1.807) is 12.1 Å². The van der Waals surface area contributed by atoms with E-state index in [9.17, 15) is 10.1 Å². The summed E-state index contributed by atoms with van der Waals surface area (Å²) in [6.07, 6.45) is 4.78. The molecule has 0 aromatic heterocycles. The zero-order chi connectivity index (χ0) is 15.4. The molecule has 0 saturated heterocycles. The van der Waals surface area contributed by atoms with E-state index in [0.29, 0.717) is 18.5 Å². The second-order valence-electron chi connectivity index (χ2n) is 5.53. The van der Waals surface area contributed by atoms with Gasteiger partial charge in [-0.3, -0.25) is 10.1 Å². The van der Waals surface area contributed by atoms with E-state index in [4.69, 9.17) is 5.73 Å². The third-order valence-corrected chi connectivity index (χ3v) is 5.00. The molecule has 0 radical (unpaired) electrons. The predicted molar refractivity (Wildman–Crippen MR) is 88.6 cm³/mol. The van der Waals surface area contributed by atoms with Gasteiger partial charge in [0.1, 0.15) is 0 Å². The molecule has 0 aliphatic heterocycles. The summed E-state index contributed by atoms with van der Waals surface area (Å²) < 4.78 is 0.778. The summed E-state index contributed by atoms with van der Waals surface area (Å²) in [5.74, 6) is 0.501. The summed E-state index contributed by atoms with van der Waals surface area (Å²) in [6.45, 7) is 3.69. The van der Waals surface area contributed by atoms with Gasteiger partial charge < -0.3 is 10.6 Å². The Morgan fingerprint density at radius 3 is 2.71 bits per heavy atom. The summed E-state index contributed by atoms with van der Waals surface area (Å²) in [5.41, 5.74) is 7.07. The molecule has 2 unspecified atom stereocenters. The van der Waals surface area contributed by atoms with Crippen LogP contribution in [0.5, 0.6) is 0 Å². The van der Waals surface area contributed by atoms with Crippen molar-refractivity contribution in [2.75, 3.05) is 18.0 Å². The van der Waals surface area contributed by atoms with Gasteiger partial charge in [0.05, 0.1) is 10.6 Å². The fourth-order valence-electron chi connectivity index (χ4n) is 3.30. The number of hydrogen-bond acceptors (Lipinski definition) is 4. The molecule has 2 rings (SSSR count). The van der Waals surface area contributed by atoms with Gasteiger partial charge in [-0.2, -0.15) is 0 Å². The number of halogens is 1. The highest BCUT2D eigenvalue weighted by Crippen LogP contribution is 2.36. The molecule has 5 nitrogen and oxygen atoms in total. The SMILES string of the molecule is CCN(c1ccc([N+](=O)[O-])cc1Br)C1CCCCC1CN. The van der Waals surface area contributed by atoms with Crippen LogP contribution in [0.15, 0.2) is 22.7 Å². The van der Waals surface area contributed by atoms with E-state index >= 15 is 0 Å². The summed E-state index contributed by atoms with van der Waals surface area (Å²) in [6, 6.07) is 5.42. The Balaban J connectivity index is 2.30. The van der Waals surface area contributed by atoms with Crippen molar-refractivity contribution in [1.82, 2.24) is 0 Å². The van der Waals surface area contributed by atoms with Crippen molar-refractivity contribution in [3.8, 4) is 0 Å². The third kappa shape index (κ3) is 3.55. The van der Waals surface area contributed by atoms with Crippen molar-refractivity contribution < 1.29 is 4.92 Å². The minimum atomic E-state index is -0.367. The van der Waals surface area contributed by atoms with Crippen LogP contribution in [-0.4, -0.2) is 24.1 Å². The molecule has 1 aliphatic carbocycles. The van der Waals surface area contributed by atoms with Crippen molar-refractivity contribution in [3.05, 3.63) is 32.8 Å². The van der Waals surface area contributed by atoms with Crippen LogP contribution in [0, 0.1) is 16.0 Å². The Hall–Kier alpha value is -1.14. The summed E-state index contributed by atoms with van der Waals surface area (Å²) in [5, 5.41) is 10.9. The first-order chi connectivity index (χ1) is 10.1. The molecule has 0 heterocycles. The quantitative estimate of drug-likeness (QED) is 0.645. The maximum atomic E-state index is 10.9. The molecular weight excluding hydrogens is 334 g/mol. The Labute approximate surface area is 133 Å². The number of benzene rings is 1. The first-order valence-corrected chi connectivity index (χ1v) is 8.28. The van der Waals surface area contributed by atoms with E-state index in [1.165, 1.54) is 19.3 Å². The Morgan fingerprint density at radius 2 is 2.14 bits per heavy atom. The molecule has 1 fully saturated rings. The maximum absolute atomic E-state index is 10.9. The molecule has 1 aromatic rings. The highest BCUT2D eigenvalue weighted by molar-refractivity contribution is 9.10. The number of nitro groups is 1. The Bertz CT molecular complexity index is 510. The molecule has 6 heteroatoms. The number of rotatable bonds is 5. The predicted octanol–water partition coefficient (Wildman–Crippen LogP) is 3.70. The highest BCUT2D eigenvalue weighted by Gasteiger charge is 2.29. The molecule has 1 aromatic carbocycles. The van der Waals surface area contributed by atoms with Gasteiger partial charge >= 0.3 is 0 Å². The molecular formula is C15H22BrN3O2. The van der Waals surface area contributed by atoms with Crippen molar-refractivity contribution in [2.45, 2.75) is 38.6 Å². The van der Waals surface area contributed by atoms with E-state index < -0.39 is 0 Å². The lowest BCUT2D eigenvalue weighted by Crippen LogP contribution is -2.45. The zero-order valence-corrected chi connectivity index (χ0v) is 13.9. The van der Waals surface area contributed by atoms with Gasteiger partial charge in [0.2, 0.25) is 0 Å². The molecule has 1 aliphatic rings. The second kappa shape index (κ2) is 7.22. The van der Waals surface area contributed by atoms with Crippen LogP contribution in [0.2, 0.25) is 0 Å². The Kier molecular flexibility index (Phi) is 5.58. The minimum Gasteiger partial charge on any atom is -0.368 e. The molecule has 116 valence electrons. The van der Waals surface area contributed by atoms with E-state index in [-0.39, 0.29) is 10.6 Å². The normalized spacial score (nSPS) is 22.0. The average Bonchev–Trinajstić information content (AvgIpc) is 2.49. The maximum Gasteiger partial charge on any atom is 0.270 e. The van der Waals surface area contributed by atoms with Crippen LogP contribution in [0.3, 0.4) is 0 Å². The molecule has 2 N–H and O–H groups in total. The van der Waals surface area contributed by atoms with Gasteiger partial charge in [-0.1, -0.05) is 12.8 Å². The number of anilines is 1. The van der Waals surface area contributed by atoms with Gasteiger partial charge in [0.25, 0.3) is 5.69 Å². The van der Waals surface area contributed by atoms with Gasteiger partial charge in [0, 0.05) is 29.2 Å². The fraction of sp³-hybridized carbons (Fsp3) is 0.600. The lowest BCUT2D eigenvalue weighted by molar-refractivity contribution is -0.384. The zero-order valence-electron chi connectivity index (χ0n) is 12.3. The molecule has 1 saturated carbocycles. The first kappa shape index (κ1) is 16.2. The van der Waals surface area contributed by atoms with Crippen LogP contribution in [0.4, 0.5) is 11.4 Å². The smallest absolute Gasteiger partial charge is 0.270 e. The highest BCUT2D eigenvalue weighted by atomic mass is 79.9. The van der Waals surface area contributed by atoms with Gasteiger partial charge in [0.15, 0.2) is 0 Å². The van der Waals surface area contributed by atoms with Crippen LogP contribution < -0.4 is 10.6 Å². The Morgan fingerprint density at radius 1 is 1.43 bits per heavy atom. The van der Waals surface area contributed by atoms with E-state index in [2.05, 4.69) is 27.8 Å². The molecule has 0 amide bonds. The number of nitrogens with zero attached hydrogens (tertiary/aromatic N) is 2. The number of nitrogens with two attached hydrogens (primary N) is 1. The molecule has 21 heavy (non-hydrogen) atoms. The average molecular weight is 356 g/mol. The van der Waals surface area contributed by atoms with E-state index in [1.807, 2.05) is 6.07 Å². The lowest BCUT2D eigenvalue weighted by Gasteiger charge is -2.41. The standard InChI is InChI=1S/C15H22BrN3O2/c1-2-18(14-6-4-3-5-11(14)10-17)15-8-7-12(19(20)21)9-13(15)16/h7-9,11,14H,2-6,10,17H2,1H3. The minimum absolute atomic E-state index is 0.112. The first-order valence-electron chi connectivity index (χ1n) is 7.49. The lowest BCUT2D eigenvalue weighted by atomic mass is 9.83. The summed E-state index contributed by atoms with van der Waals surface area (Å²) in [4.78, 5) is 12.8. The van der Waals surface area contributed by atoms with Gasteiger partial charge in [-0.05, 0) is 54.2 Å². The van der Waals surface area contributed by atoms with Crippen LogP contribution >= 0.6 is 15.9 Å². The second-order valence-corrected chi connectivity index (χ2v) is 6.38. The van der Waals surface area contributed by atoms with E-state index in [0.717, 1.165) is 23.1 Å². The third-order valence-electron chi connectivity index (χ3n) is 4.36. The van der Waals surface area contributed by atoms with Crippen LogP contribution in [0.1, 0.15) is 32.6 Å². The largest absolute Gasteiger partial charge is 0.368 e. The van der Waals surface area contributed by atoms with Crippen molar-refractivity contribution in [1.29, 1.82) is 0 Å². The fourth-order valence-corrected chi connectivity index (χ4v) is 3.89. The molecule has 0 spiro atoms. The van der Waals surface area contributed by atoms with Crippen molar-refractivity contribution in [2.24, 2.45) is 11.7 Å². The summed E-state index contributed by atoms with van der Waals surface area (Å²) >= 11 is 3.49. The topological polar surface area (TPSA) is 72.4 Å². The summed E-state index contributed by atoms with van der Waals surface area (Å²) in [7, 11) is 0. The van der Waals surface area contributed by atoms with Crippen LogP contribution in [-0.2, 0) is 0 Å². The van der Waals surface area contributed by atoms with Crippen molar-refractivity contribution in [3.63, 3.8) is 0 Å². The van der Waals surface area contributed by atoms with Gasteiger partial charge in [-0.15, -0.1) is 0 Å². The van der Waals surface area contributed by atoms with Crippen molar-refractivity contribution >= 4 is 27.3 Å².